The summed E-state index contributed by atoms with van der Waals surface area (Å²) in [4.78, 5) is 8.12. The van der Waals surface area contributed by atoms with Crippen molar-refractivity contribution in [1.82, 2.24) is 4.90 Å². The van der Waals surface area contributed by atoms with E-state index >= 15 is 0 Å². The zero-order chi connectivity index (χ0) is 13.0. The highest BCUT2D eigenvalue weighted by molar-refractivity contribution is 8.06. The Kier molecular flexibility index (Phi) is 4.26. The lowest BCUT2D eigenvalue weighted by Gasteiger charge is -2.18. The summed E-state index contributed by atoms with van der Waals surface area (Å²) in [6.07, 6.45) is 3.97. The van der Waals surface area contributed by atoms with Crippen LogP contribution in [0.5, 0.6) is 0 Å². The molecule has 0 aromatic heterocycles. The minimum absolute atomic E-state index is 0.988. The summed E-state index contributed by atoms with van der Waals surface area (Å²) in [5, 5.41) is 1.26. The van der Waals surface area contributed by atoms with Crippen LogP contribution in [0.2, 0.25) is 0 Å². The molecule has 0 saturated heterocycles. The van der Waals surface area contributed by atoms with Gasteiger partial charge in [-0.15, -0.1) is 0 Å². The topological polar surface area (TPSA) is 15.6 Å². The molecule has 0 bridgehead atoms. The van der Waals surface area contributed by atoms with E-state index in [1.165, 1.54) is 15.6 Å². The zero-order valence-electron chi connectivity index (χ0n) is 11.1. The molecule has 0 radical (unpaired) electrons. The number of hydrogen-bond acceptors (Lipinski definition) is 3. The average Bonchev–Trinajstić information content (AvgIpc) is 2.66. The molecule has 1 aromatic rings. The van der Waals surface area contributed by atoms with Gasteiger partial charge in [0.2, 0.25) is 0 Å². The largest absolute Gasteiger partial charge is 0.339 e. The van der Waals surface area contributed by atoms with Crippen molar-refractivity contribution in [3.63, 3.8) is 0 Å². The Morgan fingerprint density at radius 3 is 2.61 bits per heavy atom. The minimum atomic E-state index is 0.988. The molecule has 0 amide bonds. The number of aliphatic imine (C=N–C) groups is 1. The third-order valence-corrected chi connectivity index (χ3v) is 4.12. The van der Waals surface area contributed by atoms with Crippen LogP contribution in [0.1, 0.15) is 20.8 Å². The highest BCUT2D eigenvalue weighted by atomic mass is 32.2. The Bertz CT molecular complexity index is 500. The Morgan fingerprint density at radius 2 is 1.94 bits per heavy atom. The van der Waals surface area contributed by atoms with E-state index < -0.39 is 0 Å². The number of para-hydroxylation sites is 1. The van der Waals surface area contributed by atoms with Crippen LogP contribution in [0.4, 0.5) is 5.69 Å². The van der Waals surface area contributed by atoms with Crippen molar-refractivity contribution < 1.29 is 0 Å². The second-order valence-electron chi connectivity index (χ2n) is 4.11. The molecule has 2 nitrogen and oxygen atoms in total. The molecule has 0 unspecified atom stereocenters. The first-order valence-electron chi connectivity index (χ1n) is 6.14. The number of benzene rings is 1. The number of rotatable bonds is 3. The second-order valence-corrected chi connectivity index (χ2v) is 5.34. The van der Waals surface area contributed by atoms with Gasteiger partial charge in [-0.05, 0) is 39.0 Å². The Labute approximate surface area is 113 Å². The van der Waals surface area contributed by atoms with Crippen molar-refractivity contribution >= 4 is 23.7 Å². The summed E-state index contributed by atoms with van der Waals surface area (Å²) >= 11 is 1.82. The molecule has 3 heteroatoms. The summed E-state index contributed by atoms with van der Waals surface area (Å²) in [5.74, 6) is 0. The van der Waals surface area contributed by atoms with E-state index in [0.717, 1.165) is 12.2 Å². The first-order valence-corrected chi connectivity index (χ1v) is 6.96. The molecule has 0 N–H and O–H groups in total. The number of thioether (sulfide) groups is 1. The van der Waals surface area contributed by atoms with Gasteiger partial charge in [-0.3, -0.25) is 4.99 Å². The molecule has 0 fully saturated rings. The van der Waals surface area contributed by atoms with Gasteiger partial charge in [-0.25, -0.2) is 0 Å². The van der Waals surface area contributed by atoms with Crippen LogP contribution >= 0.6 is 11.8 Å². The van der Waals surface area contributed by atoms with Gasteiger partial charge in [-0.2, -0.15) is 0 Å². The maximum Gasteiger partial charge on any atom is 0.0810 e. The van der Waals surface area contributed by atoms with E-state index in [0.29, 0.717) is 0 Å². The number of allylic oxidation sites excluding steroid dienone is 3. The fourth-order valence-electron chi connectivity index (χ4n) is 1.86. The van der Waals surface area contributed by atoms with Crippen molar-refractivity contribution in [2.24, 2.45) is 4.99 Å². The van der Waals surface area contributed by atoms with E-state index in [1.54, 1.807) is 0 Å². The van der Waals surface area contributed by atoms with E-state index in [1.807, 2.05) is 48.3 Å². The lowest BCUT2D eigenvalue weighted by atomic mass is 10.3. The van der Waals surface area contributed by atoms with E-state index in [9.17, 15) is 0 Å². The summed E-state index contributed by atoms with van der Waals surface area (Å²) in [6.45, 7) is 7.50. The Balaban J connectivity index is 2.10. The highest BCUT2D eigenvalue weighted by Gasteiger charge is 2.20. The number of hydrogen-bond donors (Lipinski definition) is 0. The quantitative estimate of drug-likeness (QED) is 0.739. The monoisotopic (exact) mass is 258 g/mol. The summed E-state index contributed by atoms with van der Waals surface area (Å²) in [6, 6.07) is 10.0. The molecular formula is C15H18N2S. The molecule has 2 rings (SSSR count). The van der Waals surface area contributed by atoms with Gasteiger partial charge >= 0.3 is 0 Å². The maximum atomic E-state index is 4.43. The molecule has 1 aliphatic heterocycles. The van der Waals surface area contributed by atoms with Crippen LogP contribution in [0.15, 0.2) is 57.0 Å². The summed E-state index contributed by atoms with van der Waals surface area (Å²) in [5.41, 5.74) is 2.34. The summed E-state index contributed by atoms with van der Waals surface area (Å²) < 4.78 is 0. The SMILES string of the molecule is CCN1C(C)=C(C)S/C1=C\C=Nc1ccccc1. The second kappa shape index (κ2) is 5.91. The third-order valence-electron chi connectivity index (χ3n) is 2.95. The molecule has 1 heterocycles. The van der Waals surface area contributed by atoms with Crippen molar-refractivity contribution in [2.45, 2.75) is 20.8 Å². The maximum absolute atomic E-state index is 4.43. The van der Waals surface area contributed by atoms with E-state index in [2.05, 4.69) is 36.7 Å². The minimum Gasteiger partial charge on any atom is -0.339 e. The number of nitrogens with zero attached hydrogens (tertiary/aromatic N) is 2. The van der Waals surface area contributed by atoms with Gasteiger partial charge in [0.25, 0.3) is 0 Å². The molecule has 1 aliphatic rings. The standard InChI is InChI=1S/C15H18N2S/c1-4-17-12(2)13(3)18-15(17)10-11-16-14-8-6-5-7-9-14/h5-11H,4H2,1-3H3/b15-10-,16-11?. The molecule has 0 spiro atoms. The van der Waals surface area contributed by atoms with Crippen LogP contribution in [-0.2, 0) is 0 Å². The van der Waals surface area contributed by atoms with Gasteiger partial charge < -0.3 is 4.90 Å². The molecule has 18 heavy (non-hydrogen) atoms. The summed E-state index contributed by atoms with van der Waals surface area (Å²) in [7, 11) is 0. The Hall–Kier alpha value is -1.48. The zero-order valence-corrected chi connectivity index (χ0v) is 11.9. The molecule has 0 atom stereocenters. The smallest absolute Gasteiger partial charge is 0.0810 e. The molecule has 94 valence electrons. The van der Waals surface area contributed by atoms with Crippen LogP contribution in [0.3, 0.4) is 0 Å². The van der Waals surface area contributed by atoms with Gasteiger partial charge in [0.05, 0.1) is 10.7 Å². The van der Waals surface area contributed by atoms with Crippen molar-refractivity contribution in [1.29, 1.82) is 0 Å². The average molecular weight is 258 g/mol. The molecular weight excluding hydrogens is 240 g/mol. The van der Waals surface area contributed by atoms with E-state index in [4.69, 9.17) is 0 Å². The van der Waals surface area contributed by atoms with Crippen LogP contribution in [0.25, 0.3) is 0 Å². The van der Waals surface area contributed by atoms with E-state index in [-0.39, 0.29) is 0 Å². The lowest BCUT2D eigenvalue weighted by Crippen LogP contribution is -2.15. The van der Waals surface area contributed by atoms with Gasteiger partial charge in [0.1, 0.15) is 0 Å². The van der Waals surface area contributed by atoms with Crippen LogP contribution in [0, 0.1) is 0 Å². The lowest BCUT2D eigenvalue weighted by molar-refractivity contribution is 0.487. The first kappa shape index (κ1) is 13.0. The third kappa shape index (κ3) is 2.85. The fourth-order valence-corrected chi connectivity index (χ4v) is 2.94. The molecule has 0 aliphatic carbocycles. The van der Waals surface area contributed by atoms with Crippen LogP contribution < -0.4 is 0 Å². The van der Waals surface area contributed by atoms with Crippen LogP contribution in [-0.4, -0.2) is 17.7 Å². The molecule has 0 saturated carbocycles. The predicted octanol–water partition coefficient (Wildman–Crippen LogP) is 4.55. The Morgan fingerprint density at radius 1 is 1.22 bits per heavy atom. The van der Waals surface area contributed by atoms with Gasteiger partial charge in [0.15, 0.2) is 0 Å². The normalized spacial score (nSPS) is 18.4. The molecule has 1 aromatic carbocycles. The van der Waals surface area contributed by atoms with Crippen molar-refractivity contribution in [3.05, 3.63) is 52.0 Å². The highest BCUT2D eigenvalue weighted by Crippen LogP contribution is 2.39. The van der Waals surface area contributed by atoms with Gasteiger partial charge in [0, 0.05) is 23.4 Å². The van der Waals surface area contributed by atoms with Crippen molar-refractivity contribution in [2.75, 3.05) is 6.54 Å². The first-order chi connectivity index (χ1) is 8.72. The predicted molar refractivity (Wildman–Crippen MR) is 81.0 cm³/mol. The van der Waals surface area contributed by atoms with Gasteiger partial charge in [-0.1, -0.05) is 30.0 Å². The van der Waals surface area contributed by atoms with Crippen molar-refractivity contribution in [3.8, 4) is 0 Å². The fraction of sp³-hybridized carbons (Fsp3) is 0.267.